The van der Waals surface area contributed by atoms with Crippen molar-refractivity contribution in [2.75, 3.05) is 7.05 Å². The minimum absolute atomic E-state index is 0.263. The van der Waals surface area contributed by atoms with Crippen molar-refractivity contribution in [1.29, 1.82) is 0 Å². The molecule has 2 nitrogen and oxygen atoms in total. The Hall–Kier alpha value is -1.32. The molecule has 0 spiro atoms. The van der Waals surface area contributed by atoms with E-state index in [-0.39, 0.29) is 5.82 Å². The van der Waals surface area contributed by atoms with Gasteiger partial charge in [0.2, 0.25) is 0 Å². The molecule has 0 saturated carbocycles. The largest absolute Gasteiger partial charge is 0.349 e. The van der Waals surface area contributed by atoms with E-state index in [1.54, 1.807) is 12.1 Å². The lowest BCUT2D eigenvalue weighted by atomic mass is 10.2. The number of halogens is 2. The fourth-order valence-electron chi connectivity index (χ4n) is 1.76. The fourth-order valence-corrected chi connectivity index (χ4v) is 1.99. The first-order valence-corrected chi connectivity index (χ1v) is 5.80. The molecule has 17 heavy (non-hydrogen) atoms. The molecular weight excluding hydrogens is 239 g/mol. The topological polar surface area (TPSA) is 17.0 Å². The van der Waals surface area contributed by atoms with Gasteiger partial charge >= 0.3 is 0 Å². The summed E-state index contributed by atoms with van der Waals surface area (Å²) in [6.45, 7) is 1.26. The van der Waals surface area contributed by atoms with Crippen molar-refractivity contribution in [1.82, 2.24) is 9.88 Å². The van der Waals surface area contributed by atoms with Crippen LogP contribution >= 0.6 is 11.6 Å². The quantitative estimate of drug-likeness (QED) is 0.885. The van der Waals surface area contributed by atoms with Gasteiger partial charge < -0.3 is 9.88 Å². The van der Waals surface area contributed by atoms with Crippen LogP contribution in [0.3, 0.4) is 0 Å². The van der Waals surface area contributed by atoms with E-state index >= 15 is 0 Å². The van der Waals surface area contributed by atoms with Crippen molar-refractivity contribution < 1.29 is 4.39 Å². The van der Waals surface area contributed by atoms with Crippen LogP contribution in [0.4, 0.5) is 4.39 Å². The van der Waals surface area contributed by atoms with Gasteiger partial charge in [0.1, 0.15) is 5.82 Å². The van der Waals surface area contributed by atoms with Gasteiger partial charge in [-0.3, -0.25) is 0 Å². The Balaban J connectivity index is 2.19. The van der Waals surface area contributed by atoms with Crippen molar-refractivity contribution in [2.24, 2.45) is 0 Å². The lowest BCUT2D eigenvalue weighted by Gasteiger charge is -2.06. The molecule has 2 aromatic rings. The van der Waals surface area contributed by atoms with E-state index in [0.717, 1.165) is 6.54 Å². The maximum Gasteiger partial charge on any atom is 0.129 e. The van der Waals surface area contributed by atoms with E-state index in [0.29, 0.717) is 17.1 Å². The van der Waals surface area contributed by atoms with Crippen LogP contribution in [0.5, 0.6) is 0 Å². The highest BCUT2D eigenvalue weighted by Gasteiger charge is 2.07. The molecule has 0 aliphatic carbocycles. The van der Waals surface area contributed by atoms with Gasteiger partial charge in [-0.2, -0.15) is 0 Å². The SMILES string of the molecule is CNCc1ccn(Cc2c(F)cccc2Cl)c1. The average Bonchev–Trinajstić information content (AvgIpc) is 2.72. The number of nitrogens with zero attached hydrogens (tertiary/aromatic N) is 1. The predicted molar refractivity (Wildman–Crippen MR) is 67.7 cm³/mol. The molecular formula is C13H14ClFN2. The van der Waals surface area contributed by atoms with Crippen molar-refractivity contribution in [3.63, 3.8) is 0 Å². The molecule has 1 heterocycles. The highest BCUT2D eigenvalue weighted by Crippen LogP contribution is 2.20. The molecule has 0 fully saturated rings. The number of benzene rings is 1. The predicted octanol–water partition coefficient (Wildman–Crippen LogP) is 3.05. The second kappa shape index (κ2) is 5.34. The van der Waals surface area contributed by atoms with E-state index in [2.05, 4.69) is 5.32 Å². The van der Waals surface area contributed by atoms with E-state index in [4.69, 9.17) is 11.6 Å². The molecule has 0 atom stereocenters. The van der Waals surface area contributed by atoms with E-state index in [9.17, 15) is 4.39 Å². The molecule has 0 unspecified atom stereocenters. The Morgan fingerprint density at radius 2 is 2.18 bits per heavy atom. The Labute approximate surface area is 105 Å². The maximum absolute atomic E-state index is 13.6. The third-order valence-corrected chi connectivity index (χ3v) is 2.95. The lowest BCUT2D eigenvalue weighted by molar-refractivity contribution is 0.600. The highest BCUT2D eigenvalue weighted by atomic mass is 35.5. The van der Waals surface area contributed by atoms with Crippen LogP contribution in [0.15, 0.2) is 36.7 Å². The third kappa shape index (κ3) is 2.87. The summed E-state index contributed by atoms with van der Waals surface area (Å²) >= 11 is 5.98. The number of hydrogen-bond donors (Lipinski definition) is 1. The van der Waals surface area contributed by atoms with E-state index in [1.165, 1.54) is 11.6 Å². The minimum Gasteiger partial charge on any atom is -0.349 e. The first kappa shape index (κ1) is 12.1. The van der Waals surface area contributed by atoms with Gasteiger partial charge in [0.05, 0.1) is 6.54 Å². The molecule has 0 bridgehead atoms. The Morgan fingerprint density at radius 1 is 1.35 bits per heavy atom. The zero-order chi connectivity index (χ0) is 12.3. The molecule has 1 N–H and O–H groups in total. The standard InChI is InChI=1S/C13H14ClFN2/c1-16-7-10-5-6-17(8-10)9-11-12(14)3-2-4-13(11)15/h2-6,8,16H,7,9H2,1H3. The molecule has 0 saturated heterocycles. The number of aromatic nitrogens is 1. The monoisotopic (exact) mass is 252 g/mol. The third-order valence-electron chi connectivity index (χ3n) is 2.60. The maximum atomic E-state index is 13.6. The van der Waals surface area contributed by atoms with Crippen LogP contribution in [-0.4, -0.2) is 11.6 Å². The van der Waals surface area contributed by atoms with Gasteiger partial charge in [-0.1, -0.05) is 17.7 Å². The molecule has 0 aliphatic rings. The zero-order valence-electron chi connectivity index (χ0n) is 9.58. The van der Waals surface area contributed by atoms with Gasteiger partial charge in [0.15, 0.2) is 0 Å². The lowest BCUT2D eigenvalue weighted by Crippen LogP contribution is -2.04. The Bertz CT molecular complexity index is 488. The van der Waals surface area contributed by atoms with Gasteiger partial charge in [-0.25, -0.2) is 4.39 Å². The van der Waals surface area contributed by atoms with Gasteiger partial charge in [-0.15, -0.1) is 0 Å². The van der Waals surface area contributed by atoms with Crippen LogP contribution in [0.1, 0.15) is 11.1 Å². The molecule has 0 amide bonds. The van der Waals surface area contributed by atoms with Crippen LogP contribution in [0, 0.1) is 5.82 Å². The number of hydrogen-bond acceptors (Lipinski definition) is 1. The summed E-state index contributed by atoms with van der Waals surface area (Å²) in [5, 5.41) is 3.54. The van der Waals surface area contributed by atoms with Crippen molar-refractivity contribution in [2.45, 2.75) is 13.1 Å². The fraction of sp³-hybridized carbons (Fsp3) is 0.231. The van der Waals surface area contributed by atoms with Gasteiger partial charge in [0, 0.05) is 29.5 Å². The molecule has 90 valence electrons. The van der Waals surface area contributed by atoms with Crippen LogP contribution in [-0.2, 0) is 13.1 Å². The number of rotatable bonds is 4. The van der Waals surface area contributed by atoms with Gasteiger partial charge in [0.25, 0.3) is 0 Å². The molecule has 1 aromatic carbocycles. The summed E-state index contributed by atoms with van der Waals surface area (Å²) in [6.07, 6.45) is 3.91. The first-order valence-electron chi connectivity index (χ1n) is 5.43. The highest BCUT2D eigenvalue weighted by molar-refractivity contribution is 6.31. The smallest absolute Gasteiger partial charge is 0.129 e. The zero-order valence-corrected chi connectivity index (χ0v) is 10.3. The summed E-state index contributed by atoms with van der Waals surface area (Å²) < 4.78 is 15.5. The number of nitrogens with one attached hydrogen (secondary N) is 1. The summed E-state index contributed by atoms with van der Waals surface area (Å²) in [4.78, 5) is 0. The Kier molecular flexibility index (Phi) is 3.82. The van der Waals surface area contributed by atoms with Crippen molar-refractivity contribution >= 4 is 11.6 Å². The second-order valence-corrected chi connectivity index (χ2v) is 4.33. The Morgan fingerprint density at radius 3 is 2.88 bits per heavy atom. The second-order valence-electron chi connectivity index (χ2n) is 3.92. The summed E-state index contributed by atoms with van der Waals surface area (Å²) in [5.74, 6) is -0.263. The summed E-state index contributed by atoms with van der Waals surface area (Å²) in [6, 6.07) is 6.76. The van der Waals surface area contributed by atoms with Crippen molar-refractivity contribution in [3.8, 4) is 0 Å². The van der Waals surface area contributed by atoms with Crippen LogP contribution in [0.25, 0.3) is 0 Å². The van der Waals surface area contributed by atoms with Crippen molar-refractivity contribution in [3.05, 3.63) is 58.6 Å². The molecule has 2 rings (SSSR count). The van der Waals surface area contributed by atoms with Gasteiger partial charge in [-0.05, 0) is 30.8 Å². The molecule has 4 heteroatoms. The van der Waals surface area contributed by atoms with E-state index in [1.807, 2.05) is 30.1 Å². The average molecular weight is 253 g/mol. The van der Waals surface area contributed by atoms with Crippen LogP contribution in [0.2, 0.25) is 5.02 Å². The minimum atomic E-state index is -0.263. The molecule has 0 radical (unpaired) electrons. The van der Waals surface area contributed by atoms with E-state index < -0.39 is 0 Å². The summed E-state index contributed by atoms with van der Waals surface area (Å²) in [7, 11) is 1.89. The molecule has 0 aliphatic heterocycles. The van der Waals surface area contributed by atoms with Crippen LogP contribution < -0.4 is 5.32 Å². The first-order chi connectivity index (χ1) is 8.20. The normalized spacial score (nSPS) is 10.8. The summed E-state index contributed by atoms with van der Waals surface area (Å²) in [5.41, 5.74) is 1.70. The molecule has 1 aromatic heterocycles.